The summed E-state index contributed by atoms with van der Waals surface area (Å²) < 4.78 is 5.11. The maximum Gasteiger partial charge on any atom is 0.270 e. The number of ether oxygens (including phenoxy) is 1. The van der Waals surface area contributed by atoms with Crippen molar-refractivity contribution in [1.82, 2.24) is 4.98 Å². The van der Waals surface area contributed by atoms with Gasteiger partial charge in [-0.05, 0) is 12.1 Å². The van der Waals surface area contributed by atoms with Crippen LogP contribution in [0.25, 0.3) is 10.6 Å². The minimum Gasteiger partial charge on any atom is -0.377 e. The largest absolute Gasteiger partial charge is 0.377 e. The molecule has 1 aliphatic rings. The lowest BCUT2D eigenvalue weighted by Gasteiger charge is -2.27. The lowest BCUT2D eigenvalue weighted by atomic mass is 10.1. The monoisotopic (exact) mass is 299 g/mol. The average Bonchev–Trinajstić information content (AvgIpc) is 2.87. The molecule has 1 saturated heterocycles. The second-order valence-electron chi connectivity index (χ2n) is 4.66. The Kier molecular flexibility index (Phi) is 3.60. The van der Waals surface area contributed by atoms with Crippen LogP contribution < -0.4 is 11.1 Å². The second-order valence-corrected chi connectivity index (χ2v) is 5.66. The highest BCUT2D eigenvalue weighted by Gasteiger charge is 2.23. The van der Waals surface area contributed by atoms with Gasteiger partial charge in [-0.1, -0.05) is 29.4 Å². The highest BCUT2D eigenvalue weighted by Crippen LogP contribution is 2.33. The van der Waals surface area contributed by atoms with Gasteiger partial charge in [-0.25, -0.2) is 4.98 Å². The molecule has 0 spiro atoms. The van der Waals surface area contributed by atoms with Crippen LogP contribution >= 0.6 is 11.3 Å². The molecule has 106 valence electrons. The predicted molar refractivity (Wildman–Crippen MR) is 82.2 cm³/mol. The molecule has 0 saturated carbocycles. The van der Waals surface area contributed by atoms with Gasteiger partial charge >= 0.3 is 0 Å². The number of amides is 1. The van der Waals surface area contributed by atoms with Gasteiger partial charge in [0.05, 0.1) is 19.3 Å². The first-order valence-corrected chi connectivity index (χ1v) is 7.21. The van der Waals surface area contributed by atoms with Crippen LogP contribution in [0.4, 0.5) is 5.00 Å². The Bertz CT molecular complexity index is 729. The van der Waals surface area contributed by atoms with E-state index in [9.17, 15) is 4.79 Å². The van der Waals surface area contributed by atoms with Crippen LogP contribution in [-0.2, 0) is 4.74 Å². The number of primary amides is 1. The van der Waals surface area contributed by atoms with E-state index in [0.717, 1.165) is 11.1 Å². The van der Waals surface area contributed by atoms with Gasteiger partial charge < -0.3 is 15.8 Å². The van der Waals surface area contributed by atoms with Gasteiger partial charge in [-0.2, -0.15) is 0 Å². The number of rotatable bonds is 4. The normalized spacial score (nSPS) is 14.2. The summed E-state index contributed by atoms with van der Waals surface area (Å²) in [7, 11) is 0. The molecule has 1 aliphatic heterocycles. The van der Waals surface area contributed by atoms with E-state index in [1.807, 2.05) is 24.3 Å². The van der Waals surface area contributed by atoms with Gasteiger partial charge in [0.25, 0.3) is 5.91 Å². The first-order chi connectivity index (χ1) is 10.2. The SMILES string of the molecule is C#Cc1cccc(-c2nc(C(N)=O)c(NC3COC3)s2)c1. The zero-order valence-corrected chi connectivity index (χ0v) is 11.9. The van der Waals surface area contributed by atoms with E-state index >= 15 is 0 Å². The molecule has 1 aromatic heterocycles. The van der Waals surface area contributed by atoms with Crippen molar-refractivity contribution in [3.05, 3.63) is 35.5 Å². The molecule has 2 heterocycles. The predicted octanol–water partition coefficient (Wildman–Crippen LogP) is 1.70. The zero-order valence-electron chi connectivity index (χ0n) is 11.1. The van der Waals surface area contributed by atoms with Crippen molar-refractivity contribution >= 4 is 22.2 Å². The van der Waals surface area contributed by atoms with Gasteiger partial charge in [0.2, 0.25) is 0 Å². The number of benzene rings is 1. The summed E-state index contributed by atoms with van der Waals surface area (Å²) in [5, 5.41) is 4.63. The Hall–Kier alpha value is -2.36. The summed E-state index contributed by atoms with van der Waals surface area (Å²) in [5.41, 5.74) is 7.30. The van der Waals surface area contributed by atoms with Crippen LogP contribution in [-0.4, -0.2) is 30.1 Å². The lowest BCUT2D eigenvalue weighted by molar-refractivity contribution is 0.0212. The molecule has 3 rings (SSSR count). The first kappa shape index (κ1) is 13.6. The summed E-state index contributed by atoms with van der Waals surface area (Å²) >= 11 is 1.39. The number of hydrogen-bond donors (Lipinski definition) is 2. The smallest absolute Gasteiger partial charge is 0.270 e. The second kappa shape index (κ2) is 5.56. The van der Waals surface area contributed by atoms with Crippen molar-refractivity contribution in [2.24, 2.45) is 5.73 Å². The fourth-order valence-electron chi connectivity index (χ4n) is 1.95. The van der Waals surface area contributed by atoms with Crippen molar-refractivity contribution in [1.29, 1.82) is 0 Å². The molecule has 0 aliphatic carbocycles. The number of carbonyl (C=O) groups excluding carboxylic acids is 1. The highest BCUT2D eigenvalue weighted by atomic mass is 32.1. The summed E-state index contributed by atoms with van der Waals surface area (Å²) in [4.78, 5) is 15.9. The number of hydrogen-bond acceptors (Lipinski definition) is 5. The Labute approximate surface area is 126 Å². The molecule has 2 aromatic rings. The van der Waals surface area contributed by atoms with E-state index in [2.05, 4.69) is 16.2 Å². The fraction of sp³-hybridized carbons (Fsp3) is 0.200. The number of carbonyl (C=O) groups is 1. The van der Waals surface area contributed by atoms with Crippen LogP contribution in [0.5, 0.6) is 0 Å². The molecule has 5 nitrogen and oxygen atoms in total. The molecule has 6 heteroatoms. The van der Waals surface area contributed by atoms with Crippen LogP contribution in [0.15, 0.2) is 24.3 Å². The third-order valence-electron chi connectivity index (χ3n) is 3.11. The topological polar surface area (TPSA) is 77.2 Å². The van der Waals surface area contributed by atoms with Gasteiger partial charge in [0.1, 0.15) is 10.0 Å². The standard InChI is InChI=1S/C15H13N3O2S/c1-2-9-4-3-5-10(6-9)14-18-12(13(16)19)15(21-14)17-11-7-20-8-11/h1,3-6,11,17H,7-8H2,(H2,16,19). The minimum absolute atomic E-state index is 0.202. The van der Waals surface area contributed by atoms with E-state index in [4.69, 9.17) is 16.9 Å². The number of nitrogens with two attached hydrogens (primary N) is 1. The van der Waals surface area contributed by atoms with E-state index in [-0.39, 0.29) is 11.7 Å². The quantitative estimate of drug-likeness (QED) is 0.842. The number of aromatic nitrogens is 1. The minimum atomic E-state index is -0.548. The van der Waals surface area contributed by atoms with Crippen molar-refractivity contribution in [2.45, 2.75) is 6.04 Å². The molecule has 1 aromatic carbocycles. The van der Waals surface area contributed by atoms with Crippen LogP contribution in [0.1, 0.15) is 16.1 Å². The molecular weight excluding hydrogens is 286 g/mol. The average molecular weight is 299 g/mol. The maximum atomic E-state index is 11.5. The molecule has 0 bridgehead atoms. The third kappa shape index (κ3) is 2.75. The van der Waals surface area contributed by atoms with E-state index < -0.39 is 5.91 Å². The number of terminal acetylenes is 1. The van der Waals surface area contributed by atoms with Crippen molar-refractivity contribution in [3.63, 3.8) is 0 Å². The van der Waals surface area contributed by atoms with Gasteiger partial charge in [0.15, 0.2) is 5.69 Å². The molecule has 0 radical (unpaired) electrons. The van der Waals surface area contributed by atoms with Crippen molar-refractivity contribution in [2.75, 3.05) is 18.5 Å². The van der Waals surface area contributed by atoms with E-state index in [0.29, 0.717) is 23.2 Å². The van der Waals surface area contributed by atoms with Gasteiger partial charge in [0, 0.05) is 11.1 Å². The number of thiazole rings is 1. The van der Waals surface area contributed by atoms with Gasteiger partial charge in [-0.3, -0.25) is 4.79 Å². The summed E-state index contributed by atoms with van der Waals surface area (Å²) in [5.74, 6) is 2.04. The Morgan fingerprint density at radius 3 is 2.95 bits per heavy atom. The van der Waals surface area contributed by atoms with E-state index in [1.165, 1.54) is 11.3 Å². The fourth-order valence-corrected chi connectivity index (χ4v) is 3.00. The number of nitrogens with zero attached hydrogens (tertiary/aromatic N) is 1. The molecule has 1 amide bonds. The highest BCUT2D eigenvalue weighted by molar-refractivity contribution is 7.19. The molecule has 21 heavy (non-hydrogen) atoms. The van der Waals surface area contributed by atoms with Crippen molar-refractivity contribution in [3.8, 4) is 22.9 Å². The summed E-state index contributed by atoms with van der Waals surface area (Å²) in [6, 6.07) is 7.67. The molecular formula is C15H13N3O2S. The lowest BCUT2D eigenvalue weighted by Crippen LogP contribution is -2.40. The number of anilines is 1. The van der Waals surface area contributed by atoms with Crippen LogP contribution in [0, 0.1) is 12.3 Å². The maximum absolute atomic E-state index is 11.5. The van der Waals surface area contributed by atoms with Gasteiger partial charge in [-0.15, -0.1) is 6.42 Å². The first-order valence-electron chi connectivity index (χ1n) is 6.39. The van der Waals surface area contributed by atoms with Crippen LogP contribution in [0.3, 0.4) is 0 Å². The Balaban J connectivity index is 1.96. The zero-order chi connectivity index (χ0) is 14.8. The molecule has 0 unspecified atom stereocenters. The van der Waals surface area contributed by atoms with Crippen LogP contribution in [0.2, 0.25) is 0 Å². The summed E-state index contributed by atoms with van der Waals surface area (Å²) in [6.07, 6.45) is 5.40. The third-order valence-corrected chi connectivity index (χ3v) is 4.15. The van der Waals surface area contributed by atoms with E-state index in [1.54, 1.807) is 0 Å². The Morgan fingerprint density at radius 1 is 1.52 bits per heavy atom. The summed E-state index contributed by atoms with van der Waals surface area (Å²) in [6.45, 7) is 1.25. The molecule has 1 fully saturated rings. The molecule has 0 atom stereocenters. The number of nitrogens with one attached hydrogen (secondary N) is 1. The van der Waals surface area contributed by atoms with Crippen molar-refractivity contribution < 1.29 is 9.53 Å². The Morgan fingerprint density at radius 2 is 2.33 bits per heavy atom. The molecule has 3 N–H and O–H groups in total.